The molecule has 0 aromatic rings. The number of aliphatic imine (C=N–C) groups is 2. The van der Waals surface area contributed by atoms with Gasteiger partial charge >= 0.3 is 0 Å². The summed E-state index contributed by atoms with van der Waals surface area (Å²) in [6.07, 6.45) is 13.2. The maximum Gasteiger partial charge on any atom is 0.0898 e. The van der Waals surface area contributed by atoms with Crippen molar-refractivity contribution in [2.75, 3.05) is 0 Å². The Morgan fingerprint density at radius 2 is 1.00 bits per heavy atom. The molecule has 0 aromatic heterocycles. The van der Waals surface area contributed by atoms with Crippen LogP contribution in [0.2, 0.25) is 0 Å². The third kappa shape index (κ3) is 4.46. The fourth-order valence-electron chi connectivity index (χ4n) is 2.62. The molecule has 3 nitrogen and oxygen atoms in total. The average molecular weight is 224 g/mol. The van der Waals surface area contributed by atoms with Gasteiger partial charge in [0.25, 0.3) is 0 Å². The van der Waals surface area contributed by atoms with Gasteiger partial charge in [0.2, 0.25) is 0 Å². The van der Waals surface area contributed by atoms with Gasteiger partial charge < -0.3 is 5.48 Å². The zero-order valence-corrected chi connectivity index (χ0v) is 10.1. The van der Waals surface area contributed by atoms with E-state index < -0.39 is 0 Å². The molecule has 0 amide bonds. The van der Waals surface area contributed by atoms with Gasteiger partial charge in [-0.25, -0.2) is 9.98 Å². The molecule has 3 heteroatoms. The fraction of sp³-hybridized carbons (Fsp3) is 0.923. The van der Waals surface area contributed by atoms with Gasteiger partial charge in [0.05, 0.1) is 18.1 Å². The molecular formula is C13H24N2O. The minimum Gasteiger partial charge on any atom is -0.412 e. The van der Waals surface area contributed by atoms with Crippen molar-refractivity contribution in [2.45, 2.75) is 76.3 Å². The second-order valence-electron chi connectivity index (χ2n) is 4.94. The molecule has 0 spiro atoms. The fourth-order valence-corrected chi connectivity index (χ4v) is 2.62. The SMILES string of the molecule is C(=NC1CCCCC1)=NC1CCCCC1.O. The van der Waals surface area contributed by atoms with Crippen LogP contribution in [0, 0.1) is 0 Å². The van der Waals surface area contributed by atoms with Crippen molar-refractivity contribution in [1.82, 2.24) is 0 Å². The van der Waals surface area contributed by atoms with Crippen molar-refractivity contribution in [3.8, 4) is 0 Å². The molecule has 0 radical (unpaired) electrons. The lowest BCUT2D eigenvalue weighted by Crippen LogP contribution is -2.10. The van der Waals surface area contributed by atoms with Gasteiger partial charge in [0.15, 0.2) is 0 Å². The largest absolute Gasteiger partial charge is 0.412 e. The summed E-state index contributed by atoms with van der Waals surface area (Å²) >= 11 is 0. The highest BCUT2D eigenvalue weighted by Gasteiger charge is 2.12. The summed E-state index contributed by atoms with van der Waals surface area (Å²) in [6, 6.07) is 4.04. The number of nitrogens with zero attached hydrogens (tertiary/aromatic N) is 2. The van der Waals surface area contributed by atoms with Crippen LogP contribution in [0.4, 0.5) is 0 Å². The van der Waals surface area contributed by atoms with E-state index in [1.807, 2.05) is 0 Å². The van der Waals surface area contributed by atoms with Gasteiger partial charge in [-0.3, -0.25) is 0 Å². The first kappa shape index (κ1) is 13.4. The van der Waals surface area contributed by atoms with Crippen LogP contribution in [0.5, 0.6) is 0 Å². The molecule has 2 saturated carbocycles. The van der Waals surface area contributed by atoms with Crippen molar-refractivity contribution in [1.29, 1.82) is 0 Å². The van der Waals surface area contributed by atoms with Crippen LogP contribution in [-0.4, -0.2) is 23.6 Å². The third-order valence-electron chi connectivity index (χ3n) is 3.63. The van der Waals surface area contributed by atoms with Crippen molar-refractivity contribution in [2.24, 2.45) is 9.98 Å². The summed E-state index contributed by atoms with van der Waals surface area (Å²) in [7, 11) is 0. The maximum absolute atomic E-state index is 4.46. The highest BCUT2D eigenvalue weighted by Crippen LogP contribution is 2.21. The monoisotopic (exact) mass is 224 g/mol. The molecule has 92 valence electrons. The standard InChI is InChI=1S/C13H22N2.H2O/c1-3-7-12(8-4-1)14-11-15-13-9-5-2-6-10-13;/h12-13H,1-10H2;1H2. The summed E-state index contributed by atoms with van der Waals surface area (Å²) in [5.41, 5.74) is 0. The quantitative estimate of drug-likeness (QED) is 0.647. The molecule has 0 heterocycles. The van der Waals surface area contributed by atoms with Gasteiger partial charge in [-0.1, -0.05) is 38.5 Å². The lowest BCUT2D eigenvalue weighted by atomic mass is 9.96. The maximum atomic E-state index is 4.46. The van der Waals surface area contributed by atoms with Crippen LogP contribution < -0.4 is 0 Å². The van der Waals surface area contributed by atoms with Crippen LogP contribution in [0.25, 0.3) is 0 Å². The lowest BCUT2D eigenvalue weighted by Gasteiger charge is -2.17. The Bertz CT molecular complexity index is 212. The second kappa shape index (κ2) is 7.59. The highest BCUT2D eigenvalue weighted by molar-refractivity contribution is 5.42. The van der Waals surface area contributed by atoms with E-state index in [9.17, 15) is 0 Å². The molecule has 0 saturated heterocycles. The Labute approximate surface area is 98.4 Å². The summed E-state index contributed by atoms with van der Waals surface area (Å²) in [6.45, 7) is 0. The first-order chi connectivity index (χ1) is 7.45. The molecule has 2 aliphatic rings. The predicted octanol–water partition coefficient (Wildman–Crippen LogP) is 3.00. The van der Waals surface area contributed by atoms with Crippen LogP contribution in [0.15, 0.2) is 9.98 Å². The molecule has 2 aliphatic carbocycles. The minimum atomic E-state index is 0. The number of hydrogen-bond acceptors (Lipinski definition) is 2. The van der Waals surface area contributed by atoms with Gasteiger partial charge in [-0.15, -0.1) is 0 Å². The van der Waals surface area contributed by atoms with E-state index in [-0.39, 0.29) is 5.48 Å². The predicted molar refractivity (Wildman–Crippen MR) is 67.2 cm³/mol. The van der Waals surface area contributed by atoms with Crippen molar-refractivity contribution in [3.63, 3.8) is 0 Å². The second-order valence-corrected chi connectivity index (χ2v) is 4.94. The molecular weight excluding hydrogens is 200 g/mol. The molecule has 16 heavy (non-hydrogen) atoms. The van der Waals surface area contributed by atoms with E-state index >= 15 is 0 Å². The van der Waals surface area contributed by atoms with Crippen LogP contribution >= 0.6 is 0 Å². The first-order valence-electron chi connectivity index (χ1n) is 6.60. The summed E-state index contributed by atoms with van der Waals surface area (Å²) in [4.78, 5) is 8.92. The Morgan fingerprint density at radius 3 is 1.38 bits per heavy atom. The molecule has 2 N–H and O–H groups in total. The molecule has 0 atom stereocenters. The molecule has 2 fully saturated rings. The van der Waals surface area contributed by atoms with Crippen LogP contribution in [0.3, 0.4) is 0 Å². The Kier molecular flexibility index (Phi) is 6.36. The van der Waals surface area contributed by atoms with Gasteiger partial charge in [-0.2, -0.15) is 0 Å². The molecule has 2 rings (SSSR count). The van der Waals surface area contributed by atoms with E-state index in [1.165, 1.54) is 64.2 Å². The van der Waals surface area contributed by atoms with E-state index in [2.05, 4.69) is 16.0 Å². The molecule has 0 unspecified atom stereocenters. The van der Waals surface area contributed by atoms with E-state index in [1.54, 1.807) is 0 Å². The number of hydrogen-bond donors (Lipinski definition) is 0. The van der Waals surface area contributed by atoms with Crippen molar-refractivity contribution < 1.29 is 5.48 Å². The average Bonchev–Trinajstić information content (AvgIpc) is 2.32. The van der Waals surface area contributed by atoms with E-state index in [4.69, 9.17) is 0 Å². The Morgan fingerprint density at radius 1 is 0.625 bits per heavy atom. The van der Waals surface area contributed by atoms with Gasteiger partial charge in [-0.05, 0) is 25.7 Å². The van der Waals surface area contributed by atoms with Gasteiger partial charge in [0.1, 0.15) is 0 Å². The Hall–Kier alpha value is -0.660. The molecule has 0 aliphatic heterocycles. The van der Waals surface area contributed by atoms with Crippen LogP contribution in [-0.2, 0) is 0 Å². The molecule has 0 aromatic carbocycles. The third-order valence-corrected chi connectivity index (χ3v) is 3.63. The van der Waals surface area contributed by atoms with E-state index in [0.29, 0.717) is 12.1 Å². The number of rotatable bonds is 2. The van der Waals surface area contributed by atoms with E-state index in [0.717, 1.165) is 0 Å². The van der Waals surface area contributed by atoms with Gasteiger partial charge in [0, 0.05) is 0 Å². The smallest absolute Gasteiger partial charge is 0.0898 e. The zero-order valence-electron chi connectivity index (χ0n) is 10.1. The molecule has 0 bridgehead atoms. The topological polar surface area (TPSA) is 56.2 Å². The van der Waals surface area contributed by atoms with Crippen molar-refractivity contribution >= 4 is 6.01 Å². The Balaban J connectivity index is 0.00000128. The summed E-state index contributed by atoms with van der Waals surface area (Å²) in [5.74, 6) is 0. The highest BCUT2D eigenvalue weighted by atomic mass is 16.0. The summed E-state index contributed by atoms with van der Waals surface area (Å²) < 4.78 is 0. The first-order valence-corrected chi connectivity index (χ1v) is 6.60. The van der Waals surface area contributed by atoms with Crippen molar-refractivity contribution in [3.05, 3.63) is 0 Å². The summed E-state index contributed by atoms with van der Waals surface area (Å²) in [5, 5.41) is 0. The zero-order chi connectivity index (χ0) is 10.3. The normalized spacial score (nSPS) is 23.0. The van der Waals surface area contributed by atoms with Crippen LogP contribution in [0.1, 0.15) is 64.2 Å². The minimum absolute atomic E-state index is 0. The lowest BCUT2D eigenvalue weighted by molar-refractivity contribution is 0.438.